The summed E-state index contributed by atoms with van der Waals surface area (Å²) in [6.45, 7) is 9.32. The van der Waals surface area contributed by atoms with E-state index in [9.17, 15) is 14.4 Å². The molecule has 0 spiro atoms. The molecule has 1 rings (SSSR count). The number of amides is 3. The fourth-order valence-electron chi connectivity index (χ4n) is 1.71. The first-order valence-corrected chi connectivity index (χ1v) is 7.29. The van der Waals surface area contributed by atoms with Crippen LogP contribution in [0.1, 0.15) is 34.6 Å². The zero-order valence-electron chi connectivity index (χ0n) is 13.8. The highest BCUT2D eigenvalue weighted by Crippen LogP contribution is 2.14. The van der Waals surface area contributed by atoms with Crippen molar-refractivity contribution >= 4 is 17.9 Å². The van der Waals surface area contributed by atoms with Gasteiger partial charge in [-0.3, -0.25) is 25.3 Å². The number of hydrazine groups is 1. The van der Waals surface area contributed by atoms with Crippen LogP contribution in [0.2, 0.25) is 0 Å². The van der Waals surface area contributed by atoms with Crippen molar-refractivity contribution in [3.63, 3.8) is 0 Å². The van der Waals surface area contributed by atoms with Crippen LogP contribution in [0.3, 0.4) is 0 Å². The van der Waals surface area contributed by atoms with Crippen molar-refractivity contribution in [2.75, 3.05) is 19.8 Å². The van der Waals surface area contributed by atoms with E-state index in [0.29, 0.717) is 6.61 Å². The van der Waals surface area contributed by atoms with Crippen LogP contribution in [0.5, 0.6) is 0 Å². The molecular formula is C14H25N3O5. The third kappa shape index (κ3) is 5.51. The number of nitrogens with one attached hydrogen (secondary N) is 2. The molecular weight excluding hydrogens is 290 g/mol. The Morgan fingerprint density at radius 3 is 2.41 bits per heavy atom. The number of hydrogen-bond acceptors (Lipinski definition) is 5. The maximum Gasteiger partial charge on any atom is 0.411 e. The maximum atomic E-state index is 12.2. The summed E-state index contributed by atoms with van der Waals surface area (Å²) in [5.74, 6) is -1.08. The molecule has 1 saturated heterocycles. The molecule has 0 aromatic heterocycles. The number of rotatable bonds is 2. The van der Waals surface area contributed by atoms with Crippen LogP contribution in [-0.2, 0) is 19.1 Å². The van der Waals surface area contributed by atoms with Gasteiger partial charge in [0.15, 0.2) is 0 Å². The molecule has 126 valence electrons. The number of morpholine rings is 1. The van der Waals surface area contributed by atoms with E-state index in [4.69, 9.17) is 9.47 Å². The number of carbonyl (C=O) groups is 3. The first-order chi connectivity index (χ1) is 10.1. The summed E-state index contributed by atoms with van der Waals surface area (Å²) in [7, 11) is 0. The van der Waals surface area contributed by atoms with Crippen LogP contribution in [0.15, 0.2) is 0 Å². The second kappa shape index (κ2) is 7.44. The Hall–Kier alpha value is -1.83. The Kier molecular flexibility index (Phi) is 6.16. The smallest absolute Gasteiger partial charge is 0.411 e. The quantitative estimate of drug-likeness (QED) is 0.720. The molecule has 0 radical (unpaired) electrons. The van der Waals surface area contributed by atoms with Crippen molar-refractivity contribution < 1.29 is 23.9 Å². The molecule has 0 saturated carbocycles. The number of carbonyl (C=O) groups excluding carboxylic acids is 3. The van der Waals surface area contributed by atoms with Crippen molar-refractivity contribution in [2.45, 2.75) is 46.3 Å². The first kappa shape index (κ1) is 18.2. The van der Waals surface area contributed by atoms with Crippen LogP contribution in [-0.4, -0.2) is 54.2 Å². The van der Waals surface area contributed by atoms with E-state index in [1.165, 1.54) is 4.90 Å². The van der Waals surface area contributed by atoms with Crippen molar-refractivity contribution in [1.29, 1.82) is 0 Å². The Labute approximate surface area is 130 Å². The lowest BCUT2D eigenvalue weighted by Crippen LogP contribution is -2.59. The summed E-state index contributed by atoms with van der Waals surface area (Å²) in [6.07, 6.45) is -0.578. The predicted octanol–water partition coefficient (Wildman–Crippen LogP) is 0.426. The topological polar surface area (TPSA) is 97.0 Å². The second-order valence-corrected chi connectivity index (χ2v) is 6.40. The van der Waals surface area contributed by atoms with E-state index in [1.54, 1.807) is 34.6 Å². The van der Waals surface area contributed by atoms with E-state index in [2.05, 4.69) is 10.9 Å². The van der Waals surface area contributed by atoms with Gasteiger partial charge in [0.05, 0.1) is 13.2 Å². The Morgan fingerprint density at radius 1 is 1.23 bits per heavy atom. The minimum atomic E-state index is -0.837. The molecule has 1 aliphatic rings. The molecule has 22 heavy (non-hydrogen) atoms. The molecule has 0 unspecified atom stereocenters. The maximum absolute atomic E-state index is 12.2. The molecule has 3 amide bonds. The van der Waals surface area contributed by atoms with Gasteiger partial charge in [0.25, 0.3) is 5.91 Å². The molecule has 1 heterocycles. The van der Waals surface area contributed by atoms with E-state index in [1.807, 2.05) is 0 Å². The van der Waals surface area contributed by atoms with Crippen molar-refractivity contribution in [3.05, 3.63) is 0 Å². The molecule has 8 nitrogen and oxygen atoms in total. The Morgan fingerprint density at radius 2 is 1.86 bits per heavy atom. The van der Waals surface area contributed by atoms with Crippen LogP contribution < -0.4 is 10.9 Å². The summed E-state index contributed by atoms with van der Waals surface area (Å²) in [5, 5.41) is 0. The van der Waals surface area contributed by atoms with Crippen molar-refractivity contribution in [2.24, 2.45) is 5.92 Å². The van der Waals surface area contributed by atoms with E-state index >= 15 is 0 Å². The fraction of sp³-hybridized carbons (Fsp3) is 0.786. The number of nitrogens with zero attached hydrogens (tertiary/aromatic N) is 1. The van der Waals surface area contributed by atoms with Crippen molar-refractivity contribution in [1.82, 2.24) is 15.8 Å². The van der Waals surface area contributed by atoms with Gasteiger partial charge in [-0.15, -0.1) is 0 Å². The van der Waals surface area contributed by atoms with Gasteiger partial charge in [-0.05, 0) is 20.8 Å². The van der Waals surface area contributed by atoms with Gasteiger partial charge in [0, 0.05) is 12.5 Å². The summed E-state index contributed by atoms with van der Waals surface area (Å²) in [4.78, 5) is 37.1. The Balaban J connectivity index is 2.66. The number of hydrogen-bond donors (Lipinski definition) is 2. The standard InChI is InChI=1S/C14H25N3O5/c1-9(2)11(18)15-16-12(19)10-8-21-7-6-17(10)13(20)22-14(3,4)5/h9-10H,6-8H2,1-5H3,(H,15,18)(H,16,19)/t10-/m0/s1. The average molecular weight is 315 g/mol. The molecule has 1 fully saturated rings. The van der Waals surface area contributed by atoms with Gasteiger partial charge in [-0.1, -0.05) is 13.8 Å². The van der Waals surface area contributed by atoms with Gasteiger partial charge in [-0.2, -0.15) is 0 Å². The largest absolute Gasteiger partial charge is 0.444 e. The zero-order chi connectivity index (χ0) is 16.9. The molecule has 0 aliphatic carbocycles. The van der Waals surface area contributed by atoms with E-state index < -0.39 is 23.6 Å². The highest BCUT2D eigenvalue weighted by molar-refractivity contribution is 5.88. The normalized spacial score (nSPS) is 18.8. The molecule has 0 aromatic rings. The van der Waals surface area contributed by atoms with E-state index in [-0.39, 0.29) is 25.0 Å². The zero-order valence-corrected chi connectivity index (χ0v) is 13.8. The minimum absolute atomic E-state index is 0.0582. The summed E-state index contributed by atoms with van der Waals surface area (Å²) < 4.78 is 10.5. The lowest BCUT2D eigenvalue weighted by Gasteiger charge is -2.35. The molecule has 2 N–H and O–H groups in total. The monoisotopic (exact) mass is 315 g/mol. The van der Waals surface area contributed by atoms with Crippen LogP contribution in [0, 0.1) is 5.92 Å². The summed E-state index contributed by atoms with van der Waals surface area (Å²) in [5.41, 5.74) is 3.98. The lowest BCUT2D eigenvalue weighted by molar-refractivity contribution is -0.137. The van der Waals surface area contributed by atoms with Gasteiger partial charge >= 0.3 is 6.09 Å². The van der Waals surface area contributed by atoms with Gasteiger partial charge < -0.3 is 9.47 Å². The van der Waals surface area contributed by atoms with Gasteiger partial charge in [0.1, 0.15) is 11.6 Å². The van der Waals surface area contributed by atoms with Gasteiger partial charge in [0.2, 0.25) is 5.91 Å². The molecule has 8 heteroatoms. The van der Waals surface area contributed by atoms with Crippen molar-refractivity contribution in [3.8, 4) is 0 Å². The highest BCUT2D eigenvalue weighted by atomic mass is 16.6. The molecule has 0 aromatic carbocycles. The van der Waals surface area contributed by atoms with Gasteiger partial charge in [-0.25, -0.2) is 4.79 Å². The summed E-state index contributed by atoms with van der Waals surface area (Å²) >= 11 is 0. The third-order valence-corrected chi connectivity index (χ3v) is 2.89. The fourth-order valence-corrected chi connectivity index (χ4v) is 1.71. The van der Waals surface area contributed by atoms with Crippen LogP contribution in [0.25, 0.3) is 0 Å². The SMILES string of the molecule is CC(C)C(=O)NNC(=O)[C@@H]1COCCN1C(=O)OC(C)(C)C. The number of ether oxygens (including phenoxy) is 2. The van der Waals surface area contributed by atoms with Crippen LogP contribution in [0.4, 0.5) is 4.79 Å². The highest BCUT2D eigenvalue weighted by Gasteiger charge is 2.35. The lowest BCUT2D eigenvalue weighted by atomic mass is 10.2. The minimum Gasteiger partial charge on any atom is -0.444 e. The second-order valence-electron chi connectivity index (χ2n) is 6.40. The molecule has 1 aliphatic heterocycles. The van der Waals surface area contributed by atoms with E-state index in [0.717, 1.165) is 0 Å². The molecule has 0 bridgehead atoms. The Bertz CT molecular complexity index is 431. The third-order valence-electron chi connectivity index (χ3n) is 2.89. The predicted molar refractivity (Wildman–Crippen MR) is 78.7 cm³/mol. The van der Waals surface area contributed by atoms with Crippen LogP contribution >= 0.6 is 0 Å². The average Bonchev–Trinajstić information content (AvgIpc) is 2.42. The summed E-state index contributed by atoms with van der Waals surface area (Å²) in [6, 6.07) is -0.837. The molecule has 1 atom stereocenters. The first-order valence-electron chi connectivity index (χ1n) is 7.29.